The molecule has 0 spiro atoms. The molecule has 0 heterocycles. The zero-order chi connectivity index (χ0) is 13.1. The first kappa shape index (κ1) is 16.1. The molecule has 0 N–H and O–H groups in total. The van der Waals surface area contributed by atoms with E-state index in [-0.39, 0.29) is 18.7 Å². The highest BCUT2D eigenvalue weighted by atomic mass is 19.1. The third kappa shape index (κ3) is 10.0. The van der Waals surface area contributed by atoms with Crippen molar-refractivity contribution in [2.45, 2.75) is 64.9 Å². The minimum atomic E-state index is -0.305. The van der Waals surface area contributed by atoms with Gasteiger partial charge < -0.3 is 4.74 Å². The second kappa shape index (κ2) is 10.3. The van der Waals surface area contributed by atoms with Crippen LogP contribution in [0.4, 0.5) is 4.39 Å². The number of esters is 1. The second-order valence-electron chi connectivity index (χ2n) is 4.60. The molecule has 0 rings (SSSR count). The topological polar surface area (TPSA) is 26.3 Å². The van der Waals surface area contributed by atoms with Gasteiger partial charge in [-0.3, -0.25) is 4.39 Å². The third-order valence-electron chi connectivity index (χ3n) is 2.65. The van der Waals surface area contributed by atoms with E-state index in [9.17, 15) is 9.18 Å². The van der Waals surface area contributed by atoms with Gasteiger partial charge >= 0.3 is 5.97 Å². The number of carbonyl (C=O) groups excluding carboxylic acids is 1. The predicted octanol–water partition coefficient (Wildman–Crippen LogP) is 4.19. The van der Waals surface area contributed by atoms with Crippen molar-refractivity contribution >= 4 is 5.97 Å². The van der Waals surface area contributed by atoms with Gasteiger partial charge in [-0.1, -0.05) is 32.3 Å². The Morgan fingerprint density at radius 1 is 1.18 bits per heavy atom. The highest BCUT2D eigenvalue weighted by Crippen LogP contribution is 2.11. The summed E-state index contributed by atoms with van der Waals surface area (Å²) in [5.41, 5.74) is 0.447. The molecule has 0 saturated heterocycles. The summed E-state index contributed by atoms with van der Waals surface area (Å²) in [4.78, 5) is 11.2. The summed E-state index contributed by atoms with van der Waals surface area (Å²) in [7, 11) is 0. The van der Waals surface area contributed by atoms with Crippen LogP contribution in [0.3, 0.4) is 0 Å². The van der Waals surface area contributed by atoms with E-state index < -0.39 is 0 Å². The van der Waals surface area contributed by atoms with Gasteiger partial charge in [0.1, 0.15) is 0 Å². The van der Waals surface area contributed by atoms with Crippen LogP contribution >= 0.6 is 0 Å². The zero-order valence-electron chi connectivity index (χ0n) is 11.1. The predicted molar refractivity (Wildman–Crippen MR) is 68.7 cm³/mol. The summed E-state index contributed by atoms with van der Waals surface area (Å²) in [5.74, 6) is -0.305. The van der Waals surface area contributed by atoms with E-state index in [1.54, 1.807) is 6.92 Å². The number of carbonyl (C=O) groups is 1. The first-order valence-corrected chi connectivity index (χ1v) is 6.50. The summed E-state index contributed by atoms with van der Waals surface area (Å²) in [5, 5.41) is 0. The van der Waals surface area contributed by atoms with E-state index >= 15 is 0 Å². The standard InChI is InChI=1S/C14H25FO2/c1-12(2)14(16)17-13(3)10-8-6-4-5-7-9-11-15/h13H,1,4-11H2,2-3H3. The van der Waals surface area contributed by atoms with Crippen molar-refractivity contribution in [1.82, 2.24) is 0 Å². The first-order chi connectivity index (χ1) is 8.07. The zero-order valence-corrected chi connectivity index (χ0v) is 11.1. The Bertz CT molecular complexity index is 226. The molecule has 0 radical (unpaired) electrons. The van der Waals surface area contributed by atoms with Crippen LogP contribution in [0, 0.1) is 0 Å². The van der Waals surface area contributed by atoms with Crippen LogP contribution in [0.1, 0.15) is 58.8 Å². The van der Waals surface area contributed by atoms with E-state index in [4.69, 9.17) is 4.74 Å². The molecule has 1 unspecified atom stereocenters. The molecule has 0 fully saturated rings. The van der Waals surface area contributed by atoms with Crippen molar-refractivity contribution in [1.29, 1.82) is 0 Å². The fourth-order valence-electron chi connectivity index (χ4n) is 1.58. The molecular formula is C14H25FO2. The molecule has 0 aliphatic rings. The van der Waals surface area contributed by atoms with Crippen LogP contribution < -0.4 is 0 Å². The minimum absolute atomic E-state index is 0.0370. The van der Waals surface area contributed by atoms with Gasteiger partial charge in [0.05, 0.1) is 12.8 Å². The van der Waals surface area contributed by atoms with E-state index in [2.05, 4.69) is 6.58 Å². The van der Waals surface area contributed by atoms with Gasteiger partial charge in [0.2, 0.25) is 0 Å². The number of unbranched alkanes of at least 4 members (excludes halogenated alkanes) is 5. The van der Waals surface area contributed by atoms with E-state index in [1.165, 1.54) is 0 Å². The average molecular weight is 244 g/mol. The van der Waals surface area contributed by atoms with Gasteiger partial charge in [0, 0.05) is 5.57 Å². The molecule has 0 aliphatic carbocycles. The first-order valence-electron chi connectivity index (χ1n) is 6.50. The molecule has 0 aromatic heterocycles. The summed E-state index contributed by atoms with van der Waals surface area (Å²) < 4.78 is 17.0. The lowest BCUT2D eigenvalue weighted by atomic mass is 10.1. The number of ether oxygens (including phenoxy) is 1. The SMILES string of the molecule is C=C(C)C(=O)OC(C)CCCCCCCCF. The lowest BCUT2D eigenvalue weighted by Crippen LogP contribution is -2.15. The van der Waals surface area contributed by atoms with Crippen LogP contribution in [0.5, 0.6) is 0 Å². The van der Waals surface area contributed by atoms with Gasteiger partial charge in [0.15, 0.2) is 0 Å². The van der Waals surface area contributed by atoms with Crippen molar-refractivity contribution in [3.8, 4) is 0 Å². The van der Waals surface area contributed by atoms with E-state index in [0.717, 1.165) is 38.5 Å². The third-order valence-corrected chi connectivity index (χ3v) is 2.65. The maximum absolute atomic E-state index is 11.8. The lowest BCUT2D eigenvalue weighted by Gasteiger charge is -2.12. The lowest BCUT2D eigenvalue weighted by molar-refractivity contribution is -0.143. The fourth-order valence-corrected chi connectivity index (χ4v) is 1.58. The summed E-state index contributed by atoms with van der Waals surface area (Å²) >= 11 is 0. The highest BCUT2D eigenvalue weighted by molar-refractivity contribution is 5.87. The number of hydrogen-bond donors (Lipinski definition) is 0. The summed E-state index contributed by atoms with van der Waals surface area (Å²) in [6.07, 6.45) is 6.95. The van der Waals surface area contributed by atoms with Gasteiger partial charge in [-0.25, -0.2) is 4.79 Å². The Kier molecular flexibility index (Phi) is 9.78. The highest BCUT2D eigenvalue weighted by Gasteiger charge is 2.09. The van der Waals surface area contributed by atoms with Crippen molar-refractivity contribution < 1.29 is 13.9 Å². The number of halogens is 1. The molecule has 0 saturated carbocycles. The van der Waals surface area contributed by atoms with Crippen molar-refractivity contribution in [3.05, 3.63) is 12.2 Å². The Balaban J connectivity index is 3.36. The van der Waals surface area contributed by atoms with Gasteiger partial charge in [-0.15, -0.1) is 0 Å². The molecule has 0 aromatic carbocycles. The van der Waals surface area contributed by atoms with E-state index in [1.807, 2.05) is 6.92 Å². The molecule has 17 heavy (non-hydrogen) atoms. The van der Waals surface area contributed by atoms with Crippen LogP contribution in [-0.4, -0.2) is 18.7 Å². The van der Waals surface area contributed by atoms with Crippen LogP contribution in [-0.2, 0) is 9.53 Å². The molecule has 0 bridgehead atoms. The van der Waals surface area contributed by atoms with Crippen molar-refractivity contribution in [2.24, 2.45) is 0 Å². The number of hydrogen-bond acceptors (Lipinski definition) is 2. The van der Waals surface area contributed by atoms with Gasteiger partial charge in [-0.05, 0) is 33.1 Å². The fraction of sp³-hybridized carbons (Fsp3) is 0.786. The monoisotopic (exact) mass is 244 g/mol. The smallest absolute Gasteiger partial charge is 0.333 e. The Hall–Kier alpha value is -0.860. The van der Waals surface area contributed by atoms with Crippen LogP contribution in [0.2, 0.25) is 0 Å². The molecule has 3 heteroatoms. The van der Waals surface area contributed by atoms with Crippen LogP contribution in [0.25, 0.3) is 0 Å². The summed E-state index contributed by atoms with van der Waals surface area (Å²) in [6.45, 7) is 6.90. The number of rotatable bonds is 10. The largest absolute Gasteiger partial charge is 0.459 e. The average Bonchev–Trinajstić information content (AvgIpc) is 2.27. The van der Waals surface area contributed by atoms with Crippen molar-refractivity contribution in [2.75, 3.05) is 6.67 Å². The van der Waals surface area contributed by atoms with Gasteiger partial charge in [0.25, 0.3) is 0 Å². The quantitative estimate of drug-likeness (QED) is 0.327. The molecule has 100 valence electrons. The molecule has 0 aliphatic heterocycles. The minimum Gasteiger partial charge on any atom is -0.459 e. The Morgan fingerprint density at radius 3 is 2.24 bits per heavy atom. The number of alkyl halides is 1. The van der Waals surface area contributed by atoms with E-state index in [0.29, 0.717) is 12.0 Å². The Labute approximate surface area is 104 Å². The summed E-state index contributed by atoms with van der Waals surface area (Å²) in [6, 6.07) is 0. The molecule has 0 aromatic rings. The van der Waals surface area contributed by atoms with Crippen LogP contribution in [0.15, 0.2) is 12.2 Å². The molecular weight excluding hydrogens is 219 g/mol. The maximum atomic E-state index is 11.8. The molecule has 1 atom stereocenters. The maximum Gasteiger partial charge on any atom is 0.333 e. The normalized spacial score (nSPS) is 12.2. The van der Waals surface area contributed by atoms with Crippen molar-refractivity contribution in [3.63, 3.8) is 0 Å². The molecule has 0 amide bonds. The van der Waals surface area contributed by atoms with Gasteiger partial charge in [-0.2, -0.15) is 0 Å². The molecule has 2 nitrogen and oxygen atoms in total. The second-order valence-corrected chi connectivity index (χ2v) is 4.60. The Morgan fingerprint density at radius 2 is 1.71 bits per heavy atom.